The molecule has 2 aromatic rings. The third kappa shape index (κ3) is 3.46. The number of carbonyl (C=O) groups excluding carboxylic acids is 2. The van der Waals surface area contributed by atoms with Crippen LogP contribution in [0.3, 0.4) is 0 Å². The van der Waals surface area contributed by atoms with Crippen LogP contribution in [0.5, 0.6) is 0 Å². The first-order valence-electron chi connectivity index (χ1n) is 8.01. The van der Waals surface area contributed by atoms with Gasteiger partial charge in [-0.2, -0.15) is 0 Å². The van der Waals surface area contributed by atoms with Crippen LogP contribution in [0.4, 0.5) is 4.79 Å². The van der Waals surface area contributed by atoms with Crippen LogP contribution in [0.2, 0.25) is 0 Å². The maximum absolute atomic E-state index is 12.5. The minimum Gasteiger partial charge on any atom is -0.372 e. The van der Waals surface area contributed by atoms with E-state index in [-0.39, 0.29) is 6.04 Å². The molecule has 1 aliphatic rings. The molecule has 1 aliphatic heterocycles. The summed E-state index contributed by atoms with van der Waals surface area (Å²) in [5.41, 5.74) is 2.22. The van der Waals surface area contributed by atoms with Crippen LogP contribution in [0.25, 0.3) is 0 Å². The highest BCUT2D eigenvalue weighted by molar-refractivity contribution is 5.97. The zero-order valence-corrected chi connectivity index (χ0v) is 13.6. The molecule has 0 radical (unpaired) electrons. The second kappa shape index (κ2) is 7.27. The van der Waals surface area contributed by atoms with Crippen molar-refractivity contribution in [2.24, 2.45) is 0 Å². The molecule has 124 valence electrons. The number of esters is 1. The van der Waals surface area contributed by atoms with Crippen molar-refractivity contribution < 1.29 is 14.3 Å². The Balaban J connectivity index is 1.75. The average molecular weight is 324 g/mol. The third-order valence-electron chi connectivity index (χ3n) is 4.21. The minimum absolute atomic E-state index is 0.142. The van der Waals surface area contributed by atoms with Crippen LogP contribution in [-0.2, 0) is 4.74 Å². The second-order valence-corrected chi connectivity index (χ2v) is 5.79. The summed E-state index contributed by atoms with van der Waals surface area (Å²) >= 11 is 0. The molecule has 1 heterocycles. The molecule has 2 aromatic carbocycles. The van der Waals surface area contributed by atoms with Crippen molar-refractivity contribution in [2.45, 2.75) is 13.0 Å². The molecule has 1 unspecified atom stereocenters. The number of carbonyl (C=O) groups is 2. The van der Waals surface area contributed by atoms with Gasteiger partial charge in [0.25, 0.3) is 0 Å². The van der Waals surface area contributed by atoms with Gasteiger partial charge in [-0.05, 0) is 24.1 Å². The van der Waals surface area contributed by atoms with E-state index in [1.807, 2.05) is 49.4 Å². The largest absolute Gasteiger partial charge is 0.418 e. The monoisotopic (exact) mass is 324 g/mol. The van der Waals surface area contributed by atoms with Gasteiger partial charge in [0.2, 0.25) is 0 Å². The molecule has 1 atom stereocenters. The molecule has 0 spiro atoms. The van der Waals surface area contributed by atoms with Crippen molar-refractivity contribution in [3.05, 3.63) is 71.3 Å². The molecule has 1 fully saturated rings. The van der Waals surface area contributed by atoms with E-state index in [2.05, 4.69) is 5.32 Å². The number of nitrogens with one attached hydrogen (secondary N) is 1. The molecular weight excluding hydrogens is 304 g/mol. The SMILES string of the molecule is Cc1ccccc1C(=O)OC(=O)N1CCNCC1c1ccccc1. The number of amides is 1. The quantitative estimate of drug-likeness (QED) is 0.682. The number of nitrogens with zero attached hydrogens (tertiary/aromatic N) is 1. The molecule has 0 aromatic heterocycles. The number of piperazine rings is 1. The van der Waals surface area contributed by atoms with Gasteiger partial charge in [0.05, 0.1) is 11.6 Å². The molecular formula is C19H20N2O3. The van der Waals surface area contributed by atoms with Gasteiger partial charge in [0.1, 0.15) is 0 Å². The van der Waals surface area contributed by atoms with Gasteiger partial charge in [-0.3, -0.25) is 4.90 Å². The molecule has 1 saturated heterocycles. The van der Waals surface area contributed by atoms with Crippen LogP contribution in [0.1, 0.15) is 27.5 Å². The standard InChI is InChI=1S/C19H20N2O3/c1-14-7-5-6-10-16(14)18(22)24-19(23)21-12-11-20-13-17(21)15-8-3-2-4-9-15/h2-10,17,20H,11-13H2,1H3. The molecule has 5 heteroatoms. The maximum atomic E-state index is 12.5. The highest BCUT2D eigenvalue weighted by atomic mass is 16.6. The smallest absolute Gasteiger partial charge is 0.372 e. The van der Waals surface area contributed by atoms with E-state index in [1.54, 1.807) is 17.0 Å². The fourth-order valence-electron chi connectivity index (χ4n) is 2.89. The van der Waals surface area contributed by atoms with Crippen LogP contribution in [0, 0.1) is 6.92 Å². The Hall–Kier alpha value is -2.66. The number of rotatable bonds is 2. The van der Waals surface area contributed by atoms with E-state index >= 15 is 0 Å². The molecule has 5 nitrogen and oxygen atoms in total. The van der Waals surface area contributed by atoms with E-state index in [1.165, 1.54) is 0 Å². The van der Waals surface area contributed by atoms with Gasteiger partial charge >= 0.3 is 12.1 Å². The lowest BCUT2D eigenvalue weighted by molar-refractivity contribution is 0.0478. The van der Waals surface area contributed by atoms with Crippen molar-refractivity contribution >= 4 is 12.1 Å². The molecule has 1 N–H and O–H groups in total. The number of ether oxygens (including phenoxy) is 1. The Morgan fingerprint density at radius 3 is 2.54 bits per heavy atom. The predicted molar refractivity (Wildman–Crippen MR) is 90.7 cm³/mol. The number of benzene rings is 2. The predicted octanol–water partition coefficient (Wildman–Crippen LogP) is 2.92. The van der Waals surface area contributed by atoms with E-state index in [0.29, 0.717) is 25.2 Å². The highest BCUT2D eigenvalue weighted by Gasteiger charge is 2.30. The molecule has 1 amide bonds. The first kappa shape index (κ1) is 16.2. The van der Waals surface area contributed by atoms with E-state index in [4.69, 9.17) is 4.74 Å². The minimum atomic E-state index is -0.608. The van der Waals surface area contributed by atoms with Crippen molar-refractivity contribution in [3.63, 3.8) is 0 Å². The number of hydrogen-bond donors (Lipinski definition) is 1. The summed E-state index contributed by atoms with van der Waals surface area (Å²) in [4.78, 5) is 26.4. The summed E-state index contributed by atoms with van der Waals surface area (Å²) < 4.78 is 5.13. The molecule has 0 saturated carbocycles. The van der Waals surface area contributed by atoms with Crippen molar-refractivity contribution in [2.75, 3.05) is 19.6 Å². The first-order valence-corrected chi connectivity index (χ1v) is 8.01. The summed E-state index contributed by atoms with van der Waals surface area (Å²) in [6.07, 6.45) is -0.599. The van der Waals surface area contributed by atoms with E-state index < -0.39 is 12.1 Å². The summed E-state index contributed by atoms with van der Waals surface area (Å²) in [6, 6.07) is 16.7. The topological polar surface area (TPSA) is 58.6 Å². The maximum Gasteiger partial charge on any atom is 0.418 e. The zero-order chi connectivity index (χ0) is 16.9. The average Bonchev–Trinajstić information content (AvgIpc) is 2.62. The molecule has 24 heavy (non-hydrogen) atoms. The van der Waals surface area contributed by atoms with Crippen LogP contribution in [0.15, 0.2) is 54.6 Å². The summed E-state index contributed by atoms with van der Waals surface area (Å²) in [7, 11) is 0. The lowest BCUT2D eigenvalue weighted by atomic mass is 10.0. The zero-order valence-electron chi connectivity index (χ0n) is 13.6. The van der Waals surface area contributed by atoms with Gasteiger partial charge in [-0.15, -0.1) is 0 Å². The van der Waals surface area contributed by atoms with E-state index in [0.717, 1.165) is 11.1 Å². The highest BCUT2D eigenvalue weighted by Crippen LogP contribution is 2.23. The fraction of sp³-hybridized carbons (Fsp3) is 0.263. The van der Waals surface area contributed by atoms with Crippen LogP contribution >= 0.6 is 0 Å². The van der Waals surface area contributed by atoms with Gasteiger partial charge in [0.15, 0.2) is 0 Å². The fourth-order valence-corrected chi connectivity index (χ4v) is 2.89. The van der Waals surface area contributed by atoms with Gasteiger partial charge < -0.3 is 10.1 Å². The van der Waals surface area contributed by atoms with Crippen molar-refractivity contribution in [1.82, 2.24) is 10.2 Å². The van der Waals surface area contributed by atoms with E-state index in [9.17, 15) is 9.59 Å². The Kier molecular flexibility index (Phi) is 4.91. The lowest BCUT2D eigenvalue weighted by Crippen LogP contribution is -2.49. The Bertz CT molecular complexity index is 730. The second-order valence-electron chi connectivity index (χ2n) is 5.79. The number of hydrogen-bond acceptors (Lipinski definition) is 4. The van der Waals surface area contributed by atoms with Gasteiger partial charge in [-0.1, -0.05) is 48.5 Å². The summed E-state index contributed by atoms with van der Waals surface area (Å²) in [6.45, 7) is 3.63. The van der Waals surface area contributed by atoms with Gasteiger partial charge in [0, 0.05) is 19.6 Å². The Morgan fingerprint density at radius 1 is 1.08 bits per heavy atom. The lowest BCUT2D eigenvalue weighted by Gasteiger charge is -2.35. The Labute approximate surface area is 141 Å². The summed E-state index contributed by atoms with van der Waals surface area (Å²) in [5, 5.41) is 3.28. The number of aryl methyl sites for hydroxylation is 1. The normalized spacial score (nSPS) is 17.4. The Morgan fingerprint density at radius 2 is 1.79 bits per heavy atom. The van der Waals surface area contributed by atoms with Crippen LogP contribution < -0.4 is 5.32 Å². The van der Waals surface area contributed by atoms with Crippen molar-refractivity contribution in [1.29, 1.82) is 0 Å². The van der Waals surface area contributed by atoms with Gasteiger partial charge in [-0.25, -0.2) is 9.59 Å². The molecule has 0 bridgehead atoms. The van der Waals surface area contributed by atoms with Crippen molar-refractivity contribution in [3.8, 4) is 0 Å². The first-order chi connectivity index (χ1) is 11.7. The molecule has 3 rings (SSSR count). The third-order valence-corrected chi connectivity index (χ3v) is 4.21. The summed E-state index contributed by atoms with van der Waals surface area (Å²) in [5.74, 6) is -0.608. The van der Waals surface area contributed by atoms with Crippen LogP contribution in [-0.4, -0.2) is 36.6 Å². The molecule has 0 aliphatic carbocycles.